The van der Waals surface area contributed by atoms with Crippen LogP contribution in [-0.4, -0.2) is 13.1 Å². The van der Waals surface area contributed by atoms with E-state index in [9.17, 15) is 0 Å². The van der Waals surface area contributed by atoms with Crippen molar-refractivity contribution in [3.8, 4) is 0 Å². The smallest absolute Gasteiger partial charge is 0.103 e. The van der Waals surface area contributed by atoms with E-state index >= 15 is 0 Å². The first-order valence-electron chi connectivity index (χ1n) is 12.2. The van der Waals surface area contributed by atoms with Gasteiger partial charge in [0.05, 0.1) is 13.1 Å². The predicted octanol–water partition coefficient (Wildman–Crippen LogP) is 3.80. The average Bonchev–Trinajstić information content (AvgIpc) is 2.76. The van der Waals surface area contributed by atoms with Gasteiger partial charge in [-0.25, -0.2) is 0 Å². The molecule has 168 valence electrons. The number of nitrogens with one attached hydrogen (secondary N) is 1. The summed E-state index contributed by atoms with van der Waals surface area (Å²) < 4.78 is 0. The zero-order valence-electron chi connectivity index (χ0n) is 19.4. The monoisotopic (exact) mass is 429 g/mol. The lowest BCUT2D eigenvalue weighted by atomic mass is 10.00. The van der Waals surface area contributed by atoms with Crippen LogP contribution in [0.25, 0.3) is 0 Å². The standard InChI is InChI=1S/C28H43N.ClH/c1-3-4-5-6-7-8-9-10-11-18-23-29(25-27-19-14-12-15-20-27)24-26(2)28-21-16-13-17-22-28;/h12-17,19-22,26H,3-11,18,23-25H2,1-2H3;1H. The molecule has 0 fully saturated rings. The van der Waals surface area contributed by atoms with Gasteiger partial charge in [0, 0.05) is 11.5 Å². The number of rotatable bonds is 16. The first-order chi connectivity index (χ1) is 14.3. The van der Waals surface area contributed by atoms with Gasteiger partial charge >= 0.3 is 0 Å². The SMILES string of the molecule is CCCCCCCCCCCC[NH+](Cc1ccccc1)CC(C)c1ccccc1.[Cl-]. The summed E-state index contributed by atoms with van der Waals surface area (Å²) in [6.45, 7) is 8.34. The van der Waals surface area contributed by atoms with Gasteiger partial charge in [0.1, 0.15) is 6.54 Å². The molecule has 0 amide bonds. The molecule has 0 heterocycles. The largest absolute Gasteiger partial charge is 1.00 e. The maximum atomic E-state index is 2.39. The zero-order chi connectivity index (χ0) is 20.6. The Morgan fingerprint density at radius 1 is 0.667 bits per heavy atom. The maximum absolute atomic E-state index is 2.39. The van der Waals surface area contributed by atoms with Gasteiger partial charge in [-0.05, 0) is 18.4 Å². The molecule has 2 atom stereocenters. The van der Waals surface area contributed by atoms with Crippen LogP contribution in [0, 0.1) is 0 Å². The van der Waals surface area contributed by atoms with E-state index in [-0.39, 0.29) is 12.4 Å². The molecule has 2 rings (SSSR count). The van der Waals surface area contributed by atoms with E-state index in [2.05, 4.69) is 74.5 Å². The molecule has 2 heteroatoms. The van der Waals surface area contributed by atoms with Crippen molar-refractivity contribution in [2.75, 3.05) is 13.1 Å². The highest BCUT2D eigenvalue weighted by atomic mass is 35.5. The van der Waals surface area contributed by atoms with Crippen molar-refractivity contribution in [1.29, 1.82) is 0 Å². The molecule has 2 aromatic carbocycles. The summed E-state index contributed by atoms with van der Waals surface area (Å²) >= 11 is 0. The molecule has 0 saturated carbocycles. The second-order valence-electron chi connectivity index (χ2n) is 8.86. The van der Waals surface area contributed by atoms with Crippen LogP contribution in [0.1, 0.15) is 95.1 Å². The number of quaternary nitrogens is 1. The van der Waals surface area contributed by atoms with E-state index in [4.69, 9.17) is 0 Å². The first-order valence-corrected chi connectivity index (χ1v) is 12.2. The molecule has 30 heavy (non-hydrogen) atoms. The van der Waals surface area contributed by atoms with Crippen molar-refractivity contribution in [3.05, 3.63) is 71.8 Å². The van der Waals surface area contributed by atoms with Gasteiger partial charge in [-0.15, -0.1) is 0 Å². The van der Waals surface area contributed by atoms with Gasteiger partial charge in [0.25, 0.3) is 0 Å². The van der Waals surface area contributed by atoms with Crippen LogP contribution < -0.4 is 17.3 Å². The maximum Gasteiger partial charge on any atom is 0.103 e. The molecule has 1 nitrogen and oxygen atoms in total. The lowest BCUT2D eigenvalue weighted by Gasteiger charge is -2.23. The van der Waals surface area contributed by atoms with Crippen molar-refractivity contribution in [2.24, 2.45) is 0 Å². The van der Waals surface area contributed by atoms with Gasteiger partial charge in [0.15, 0.2) is 0 Å². The van der Waals surface area contributed by atoms with Gasteiger partial charge in [-0.1, -0.05) is 126 Å². The Kier molecular flexibility index (Phi) is 15.5. The average molecular weight is 430 g/mol. The third-order valence-electron chi connectivity index (χ3n) is 6.14. The Morgan fingerprint density at radius 3 is 1.73 bits per heavy atom. The molecule has 0 aliphatic heterocycles. The molecular formula is C28H44ClN. The molecule has 0 spiro atoms. The van der Waals surface area contributed by atoms with E-state index in [0.29, 0.717) is 5.92 Å². The van der Waals surface area contributed by atoms with Gasteiger partial charge < -0.3 is 17.3 Å². The minimum absolute atomic E-state index is 0. The van der Waals surface area contributed by atoms with Crippen LogP contribution in [0.4, 0.5) is 0 Å². The second kappa shape index (κ2) is 17.4. The van der Waals surface area contributed by atoms with E-state index in [1.807, 2.05) is 0 Å². The molecule has 0 saturated heterocycles. The van der Waals surface area contributed by atoms with Gasteiger partial charge in [-0.3, -0.25) is 0 Å². The van der Waals surface area contributed by atoms with E-state index in [1.54, 1.807) is 4.90 Å². The van der Waals surface area contributed by atoms with Gasteiger partial charge in [0.2, 0.25) is 0 Å². The quantitative estimate of drug-likeness (QED) is 0.387. The van der Waals surface area contributed by atoms with Crippen LogP contribution >= 0.6 is 0 Å². The number of hydrogen-bond acceptors (Lipinski definition) is 0. The third-order valence-corrected chi connectivity index (χ3v) is 6.14. The fourth-order valence-electron chi connectivity index (χ4n) is 4.34. The second-order valence-corrected chi connectivity index (χ2v) is 8.86. The van der Waals surface area contributed by atoms with Crippen LogP contribution in [0.5, 0.6) is 0 Å². The Morgan fingerprint density at radius 2 is 1.17 bits per heavy atom. The molecule has 0 radical (unpaired) electrons. The normalized spacial score (nSPS) is 12.9. The van der Waals surface area contributed by atoms with Crippen molar-refractivity contribution >= 4 is 0 Å². The lowest BCUT2D eigenvalue weighted by molar-refractivity contribution is -0.915. The molecule has 0 aromatic heterocycles. The predicted molar refractivity (Wildman–Crippen MR) is 128 cm³/mol. The fourth-order valence-corrected chi connectivity index (χ4v) is 4.34. The highest BCUT2D eigenvalue weighted by Crippen LogP contribution is 2.13. The van der Waals surface area contributed by atoms with Crippen LogP contribution in [0.2, 0.25) is 0 Å². The topological polar surface area (TPSA) is 4.44 Å². The molecule has 2 unspecified atom stereocenters. The molecular weight excluding hydrogens is 386 g/mol. The number of hydrogen-bond donors (Lipinski definition) is 1. The van der Waals surface area contributed by atoms with E-state index in [1.165, 1.54) is 88.4 Å². The summed E-state index contributed by atoms with van der Waals surface area (Å²) in [7, 11) is 0. The highest BCUT2D eigenvalue weighted by Gasteiger charge is 2.15. The van der Waals surface area contributed by atoms with Crippen molar-refractivity contribution in [2.45, 2.75) is 90.5 Å². The third kappa shape index (κ3) is 11.8. The first kappa shape index (κ1) is 26.7. The summed E-state index contributed by atoms with van der Waals surface area (Å²) in [6.07, 6.45) is 14.1. The Bertz CT molecular complexity index is 613. The van der Waals surface area contributed by atoms with Crippen molar-refractivity contribution in [1.82, 2.24) is 0 Å². The Labute approximate surface area is 192 Å². The summed E-state index contributed by atoms with van der Waals surface area (Å²) in [5.41, 5.74) is 2.94. The van der Waals surface area contributed by atoms with Gasteiger partial charge in [-0.2, -0.15) is 0 Å². The van der Waals surface area contributed by atoms with Crippen LogP contribution in [-0.2, 0) is 6.54 Å². The highest BCUT2D eigenvalue weighted by molar-refractivity contribution is 5.18. The molecule has 1 N–H and O–H groups in total. The number of halogens is 1. The van der Waals surface area contributed by atoms with Crippen molar-refractivity contribution < 1.29 is 17.3 Å². The summed E-state index contributed by atoms with van der Waals surface area (Å²) in [4.78, 5) is 1.73. The molecule has 2 aromatic rings. The number of benzene rings is 2. The molecule has 0 aliphatic rings. The fraction of sp³-hybridized carbons (Fsp3) is 0.571. The Balaban J connectivity index is 0.00000450. The van der Waals surface area contributed by atoms with Crippen LogP contribution in [0.15, 0.2) is 60.7 Å². The number of unbranched alkanes of at least 4 members (excludes halogenated alkanes) is 9. The van der Waals surface area contributed by atoms with Crippen LogP contribution in [0.3, 0.4) is 0 Å². The van der Waals surface area contributed by atoms with Crippen molar-refractivity contribution in [3.63, 3.8) is 0 Å². The summed E-state index contributed by atoms with van der Waals surface area (Å²) in [6, 6.07) is 22.1. The molecule has 0 aliphatic carbocycles. The minimum atomic E-state index is 0. The van der Waals surface area contributed by atoms with E-state index in [0.717, 1.165) is 6.54 Å². The van der Waals surface area contributed by atoms with E-state index < -0.39 is 0 Å². The summed E-state index contributed by atoms with van der Waals surface area (Å²) in [5, 5.41) is 0. The summed E-state index contributed by atoms with van der Waals surface area (Å²) in [5.74, 6) is 0.609. The minimum Gasteiger partial charge on any atom is -1.00 e. The zero-order valence-corrected chi connectivity index (χ0v) is 20.2. The Hall–Kier alpha value is -1.31. The molecule has 0 bridgehead atoms. The lowest BCUT2D eigenvalue weighted by Crippen LogP contribution is -3.11.